The van der Waals surface area contributed by atoms with Gasteiger partial charge < -0.3 is 26.3 Å². The van der Waals surface area contributed by atoms with Gasteiger partial charge in [-0.2, -0.15) is 0 Å². The molecule has 2 fully saturated rings. The van der Waals surface area contributed by atoms with Crippen molar-refractivity contribution in [1.82, 2.24) is 10.6 Å². The van der Waals surface area contributed by atoms with E-state index in [1.807, 2.05) is 6.92 Å². The molecule has 0 spiro atoms. The minimum absolute atomic E-state index is 0. The molecule has 220 valence electrons. The van der Waals surface area contributed by atoms with E-state index < -0.39 is 17.0 Å². The van der Waals surface area contributed by atoms with E-state index in [0.717, 1.165) is 25.7 Å². The van der Waals surface area contributed by atoms with Crippen molar-refractivity contribution < 1.29 is 54.8 Å². The van der Waals surface area contributed by atoms with Gasteiger partial charge in [-0.25, -0.2) is 0 Å². The van der Waals surface area contributed by atoms with Crippen molar-refractivity contribution in [2.24, 2.45) is 11.8 Å². The Kier molecular flexibility index (Phi) is 10.9. The molecule has 6 rings (SSSR count). The Morgan fingerprint density at radius 3 is 1.50 bits per heavy atom. The van der Waals surface area contributed by atoms with E-state index in [1.165, 1.54) is 24.3 Å². The predicted octanol–water partition coefficient (Wildman–Crippen LogP) is 4.06. The molecule has 2 heterocycles. The molecule has 2 aliphatic carbocycles. The van der Waals surface area contributed by atoms with Gasteiger partial charge in [-0.05, 0) is 75.6 Å². The summed E-state index contributed by atoms with van der Waals surface area (Å²) in [5.41, 5.74) is -0.525. The fourth-order valence-electron chi connectivity index (χ4n) is 5.27. The van der Waals surface area contributed by atoms with E-state index in [9.17, 15) is 19.8 Å². The monoisotopic (exact) mass is 701 g/mol. The Hall–Kier alpha value is -0.840. The minimum atomic E-state index is -0.818. The Balaban J connectivity index is 0.000000220. The summed E-state index contributed by atoms with van der Waals surface area (Å²) in [5.74, 6) is -0.444. The van der Waals surface area contributed by atoms with Gasteiger partial charge in [0.15, 0.2) is 0 Å². The van der Waals surface area contributed by atoms with E-state index in [0.29, 0.717) is 21.2 Å². The molecule has 4 N–H and O–H groups in total. The summed E-state index contributed by atoms with van der Waals surface area (Å²) in [6.45, 7) is 3.60. The molecule has 2 unspecified atom stereocenters. The van der Waals surface area contributed by atoms with Gasteiger partial charge in [0.25, 0.3) is 11.8 Å². The van der Waals surface area contributed by atoms with Crippen molar-refractivity contribution in [3.05, 3.63) is 77.0 Å². The number of aliphatic hydroxyl groups is 1. The Labute approximate surface area is 295 Å². The SMILES string of the molecule is CC1(C2CC2)NC(=O)C(c2cc(Cl)c(Cl)cc2Cl)=C1O.CC1(C2CC2)NC(=O)C(c2cc(Cl)c(Cl)cc2Cl)=C1[O-].[Na+].[OH-]. The van der Waals surface area contributed by atoms with Crippen LogP contribution >= 0.6 is 69.6 Å². The standard InChI is InChI=1S/2C14H12Cl3NO2.Na.H2O/c2*1-14(6-2-3-6)12(19)11(13(20)18-14)7-4-9(16)10(17)5-8(7)15;;/h2*4-6,19H,2-3H2,1H3,(H,18,20);;1H2/q;;+1;/p-2. The third-order valence-electron chi connectivity index (χ3n) is 7.97. The molecular formula is C28H24Cl6N2NaO5-. The topological polar surface area (TPSA) is 131 Å². The zero-order valence-electron chi connectivity index (χ0n) is 22.7. The number of halogens is 6. The number of amides is 2. The molecule has 2 saturated carbocycles. The van der Waals surface area contributed by atoms with Gasteiger partial charge >= 0.3 is 29.6 Å². The minimum Gasteiger partial charge on any atom is -0.873 e. The molecule has 2 aliphatic heterocycles. The summed E-state index contributed by atoms with van der Waals surface area (Å²) in [5, 5.41) is 30.4. The summed E-state index contributed by atoms with van der Waals surface area (Å²) in [4.78, 5) is 24.4. The van der Waals surface area contributed by atoms with Crippen LogP contribution in [0.1, 0.15) is 50.7 Å². The summed E-state index contributed by atoms with van der Waals surface area (Å²) in [7, 11) is 0. The summed E-state index contributed by atoms with van der Waals surface area (Å²) in [6, 6.07) is 5.90. The van der Waals surface area contributed by atoms with Crippen LogP contribution in [0.2, 0.25) is 30.1 Å². The fourth-order valence-corrected chi connectivity index (χ4v) is 6.55. The Morgan fingerprint density at radius 1 is 0.690 bits per heavy atom. The molecule has 2 atom stereocenters. The van der Waals surface area contributed by atoms with Crippen LogP contribution in [0.25, 0.3) is 11.1 Å². The number of carbonyl (C=O) groups is 2. The average molecular weight is 704 g/mol. The van der Waals surface area contributed by atoms with Crippen molar-refractivity contribution in [3.63, 3.8) is 0 Å². The number of benzene rings is 2. The van der Waals surface area contributed by atoms with Gasteiger partial charge in [0.2, 0.25) is 0 Å². The molecular weight excluding hydrogens is 680 g/mol. The smallest absolute Gasteiger partial charge is 0.873 e. The van der Waals surface area contributed by atoms with Crippen LogP contribution in [-0.4, -0.2) is 33.5 Å². The van der Waals surface area contributed by atoms with E-state index in [2.05, 4.69) is 10.6 Å². The molecule has 7 nitrogen and oxygen atoms in total. The molecule has 0 aromatic heterocycles. The van der Waals surface area contributed by atoms with Gasteiger partial charge in [0, 0.05) is 16.7 Å². The first kappa shape index (κ1) is 35.6. The number of carbonyl (C=O) groups excluding carboxylic acids is 2. The zero-order valence-corrected chi connectivity index (χ0v) is 29.2. The molecule has 0 radical (unpaired) electrons. The quantitative estimate of drug-likeness (QED) is 0.327. The number of hydrogen-bond donors (Lipinski definition) is 3. The van der Waals surface area contributed by atoms with E-state index >= 15 is 0 Å². The second-order valence-corrected chi connectivity index (χ2v) is 13.2. The molecule has 2 aromatic rings. The maximum Gasteiger partial charge on any atom is 1.00 e. The van der Waals surface area contributed by atoms with Crippen molar-refractivity contribution in [2.45, 2.75) is 50.6 Å². The first-order valence-electron chi connectivity index (χ1n) is 12.5. The second-order valence-electron chi connectivity index (χ2n) is 10.8. The summed E-state index contributed by atoms with van der Waals surface area (Å²) >= 11 is 35.9. The number of nitrogens with one attached hydrogen (secondary N) is 2. The average Bonchev–Trinajstić information content (AvgIpc) is 3.78. The van der Waals surface area contributed by atoms with Crippen molar-refractivity contribution >= 4 is 92.6 Å². The van der Waals surface area contributed by atoms with Gasteiger partial charge in [0.05, 0.1) is 46.8 Å². The molecule has 0 bridgehead atoms. The molecule has 2 aromatic carbocycles. The molecule has 4 aliphatic rings. The molecule has 0 saturated heterocycles. The summed E-state index contributed by atoms with van der Waals surface area (Å²) < 4.78 is 0. The van der Waals surface area contributed by atoms with Gasteiger partial charge in [-0.1, -0.05) is 75.4 Å². The first-order chi connectivity index (χ1) is 18.7. The van der Waals surface area contributed by atoms with Crippen LogP contribution in [0.5, 0.6) is 0 Å². The fraction of sp³-hybridized carbons (Fsp3) is 0.357. The number of aliphatic hydroxyl groups excluding tert-OH is 1. The van der Waals surface area contributed by atoms with Gasteiger partial charge in [-0.3, -0.25) is 9.59 Å². The Bertz CT molecular complexity index is 1430. The normalized spacial score (nSPS) is 24.9. The van der Waals surface area contributed by atoms with Crippen LogP contribution < -0.4 is 45.3 Å². The van der Waals surface area contributed by atoms with Crippen molar-refractivity contribution in [3.8, 4) is 0 Å². The zero-order chi connectivity index (χ0) is 29.3. The van der Waals surface area contributed by atoms with E-state index in [1.54, 1.807) is 6.92 Å². The molecule has 42 heavy (non-hydrogen) atoms. The third-order valence-corrected chi connectivity index (χ3v) is 10.0. The first-order valence-corrected chi connectivity index (χ1v) is 14.8. The third kappa shape index (κ3) is 6.30. The largest absolute Gasteiger partial charge is 1.00 e. The van der Waals surface area contributed by atoms with Crippen LogP contribution in [0.15, 0.2) is 35.8 Å². The van der Waals surface area contributed by atoms with Gasteiger partial charge in [-0.15, -0.1) is 0 Å². The van der Waals surface area contributed by atoms with Crippen LogP contribution in [-0.2, 0) is 9.59 Å². The maximum atomic E-state index is 12.6. The van der Waals surface area contributed by atoms with Crippen molar-refractivity contribution in [1.29, 1.82) is 0 Å². The van der Waals surface area contributed by atoms with E-state index in [4.69, 9.17) is 69.6 Å². The summed E-state index contributed by atoms with van der Waals surface area (Å²) in [6.07, 6.45) is 3.88. The molecule has 14 heteroatoms. The Morgan fingerprint density at radius 2 is 1.05 bits per heavy atom. The van der Waals surface area contributed by atoms with Crippen LogP contribution in [0, 0.1) is 11.8 Å². The number of rotatable bonds is 4. The second kappa shape index (κ2) is 12.9. The predicted molar refractivity (Wildman–Crippen MR) is 160 cm³/mol. The number of hydrogen-bond acceptors (Lipinski definition) is 5. The van der Waals surface area contributed by atoms with E-state index in [-0.39, 0.29) is 95.5 Å². The van der Waals surface area contributed by atoms with Crippen molar-refractivity contribution in [2.75, 3.05) is 0 Å². The van der Waals surface area contributed by atoms with Gasteiger partial charge in [0.1, 0.15) is 5.76 Å². The van der Waals surface area contributed by atoms with Crippen LogP contribution in [0.3, 0.4) is 0 Å². The maximum absolute atomic E-state index is 12.6. The van der Waals surface area contributed by atoms with Crippen LogP contribution in [0.4, 0.5) is 0 Å². The molecule has 2 amide bonds.